The fourth-order valence-corrected chi connectivity index (χ4v) is 2.25. The molecule has 0 aliphatic heterocycles. The second-order valence-electron chi connectivity index (χ2n) is 3.67. The molecule has 1 heterocycles. The lowest BCUT2D eigenvalue weighted by atomic mass is 10.2. The predicted octanol–water partition coefficient (Wildman–Crippen LogP) is 2.85. The van der Waals surface area contributed by atoms with Gasteiger partial charge in [0.05, 0.1) is 6.61 Å². The standard InChI is InChI=1S/C11H16F3NOS/c1-2-15-9(6-10-4-3-5-17-10)7-16-8-11(12,13)14/h3-5,9,15H,2,6-8H2,1H3. The summed E-state index contributed by atoms with van der Waals surface area (Å²) in [5.41, 5.74) is 0. The van der Waals surface area contributed by atoms with Gasteiger partial charge in [0.1, 0.15) is 6.61 Å². The summed E-state index contributed by atoms with van der Waals surface area (Å²) in [5, 5.41) is 5.07. The Bertz CT molecular complexity index is 300. The molecular weight excluding hydrogens is 251 g/mol. The topological polar surface area (TPSA) is 21.3 Å². The van der Waals surface area contributed by atoms with Gasteiger partial charge in [0, 0.05) is 10.9 Å². The van der Waals surface area contributed by atoms with Gasteiger partial charge in [0.15, 0.2) is 0 Å². The number of alkyl halides is 3. The predicted molar refractivity (Wildman–Crippen MR) is 62.4 cm³/mol. The van der Waals surface area contributed by atoms with Crippen LogP contribution in [-0.4, -0.2) is 32.0 Å². The maximum absolute atomic E-state index is 11.9. The van der Waals surface area contributed by atoms with Crippen LogP contribution >= 0.6 is 11.3 Å². The van der Waals surface area contributed by atoms with Gasteiger partial charge in [-0.3, -0.25) is 0 Å². The summed E-state index contributed by atoms with van der Waals surface area (Å²) < 4.78 is 40.5. The van der Waals surface area contributed by atoms with Crippen molar-refractivity contribution in [2.45, 2.75) is 25.6 Å². The number of halogens is 3. The fraction of sp³-hybridized carbons (Fsp3) is 0.636. The van der Waals surface area contributed by atoms with Crippen molar-refractivity contribution >= 4 is 11.3 Å². The van der Waals surface area contributed by atoms with Gasteiger partial charge in [-0.1, -0.05) is 13.0 Å². The smallest absolute Gasteiger partial charge is 0.370 e. The molecule has 98 valence electrons. The minimum Gasteiger partial charge on any atom is -0.370 e. The van der Waals surface area contributed by atoms with Crippen LogP contribution in [0.2, 0.25) is 0 Å². The van der Waals surface area contributed by atoms with Gasteiger partial charge < -0.3 is 10.1 Å². The molecule has 1 aromatic heterocycles. The number of hydrogen-bond donors (Lipinski definition) is 1. The van der Waals surface area contributed by atoms with Crippen LogP contribution in [0, 0.1) is 0 Å². The van der Waals surface area contributed by atoms with Crippen molar-refractivity contribution in [3.05, 3.63) is 22.4 Å². The van der Waals surface area contributed by atoms with E-state index in [1.165, 1.54) is 0 Å². The Morgan fingerprint density at radius 3 is 2.76 bits per heavy atom. The molecule has 0 bridgehead atoms. The van der Waals surface area contributed by atoms with Crippen LogP contribution in [0.5, 0.6) is 0 Å². The molecule has 6 heteroatoms. The van der Waals surface area contributed by atoms with Gasteiger partial charge in [-0.2, -0.15) is 13.2 Å². The average molecular weight is 267 g/mol. The Morgan fingerprint density at radius 2 is 2.24 bits per heavy atom. The van der Waals surface area contributed by atoms with Crippen LogP contribution in [0.15, 0.2) is 17.5 Å². The Kier molecular flexibility index (Phi) is 5.94. The van der Waals surface area contributed by atoms with Gasteiger partial charge >= 0.3 is 6.18 Å². The quantitative estimate of drug-likeness (QED) is 0.820. The Hall–Kier alpha value is -0.590. The molecule has 0 aromatic carbocycles. The van der Waals surface area contributed by atoms with E-state index in [0.29, 0.717) is 13.0 Å². The highest BCUT2D eigenvalue weighted by atomic mass is 32.1. The first-order valence-corrected chi connectivity index (χ1v) is 6.29. The summed E-state index contributed by atoms with van der Waals surface area (Å²) in [5.74, 6) is 0. The molecule has 1 atom stereocenters. The van der Waals surface area contributed by atoms with Gasteiger partial charge in [-0.25, -0.2) is 0 Å². The first-order chi connectivity index (χ1) is 8.01. The molecule has 1 unspecified atom stereocenters. The number of ether oxygens (including phenoxy) is 1. The summed E-state index contributed by atoms with van der Waals surface area (Å²) in [6.07, 6.45) is -3.55. The molecule has 1 aromatic rings. The van der Waals surface area contributed by atoms with Crippen LogP contribution in [-0.2, 0) is 11.2 Å². The molecule has 0 radical (unpaired) electrons. The lowest BCUT2D eigenvalue weighted by Crippen LogP contribution is -2.36. The van der Waals surface area contributed by atoms with E-state index in [0.717, 1.165) is 4.88 Å². The third kappa shape index (κ3) is 6.65. The Balaban J connectivity index is 2.33. The van der Waals surface area contributed by atoms with Gasteiger partial charge in [0.25, 0.3) is 0 Å². The summed E-state index contributed by atoms with van der Waals surface area (Å²) in [6, 6.07) is 3.83. The molecule has 0 amide bonds. The van der Waals surface area contributed by atoms with Crippen molar-refractivity contribution in [3.8, 4) is 0 Å². The van der Waals surface area contributed by atoms with Gasteiger partial charge in [-0.15, -0.1) is 11.3 Å². The van der Waals surface area contributed by atoms with Crippen molar-refractivity contribution in [3.63, 3.8) is 0 Å². The minimum absolute atomic E-state index is 0.0685. The van der Waals surface area contributed by atoms with Crippen LogP contribution in [0.4, 0.5) is 13.2 Å². The minimum atomic E-state index is -4.25. The SMILES string of the molecule is CCNC(COCC(F)(F)F)Cc1cccs1. The molecule has 17 heavy (non-hydrogen) atoms. The molecule has 1 N–H and O–H groups in total. The molecular formula is C11H16F3NOS. The Morgan fingerprint density at radius 1 is 1.47 bits per heavy atom. The molecule has 1 rings (SSSR count). The van der Waals surface area contributed by atoms with E-state index in [1.54, 1.807) is 11.3 Å². The van der Waals surface area contributed by atoms with E-state index >= 15 is 0 Å². The number of likely N-dealkylation sites (N-methyl/N-ethyl adjacent to an activating group) is 1. The number of rotatable bonds is 7. The number of thiophene rings is 1. The highest BCUT2D eigenvalue weighted by Crippen LogP contribution is 2.15. The van der Waals surface area contributed by atoms with Crippen LogP contribution in [0.3, 0.4) is 0 Å². The molecule has 0 aliphatic carbocycles. The van der Waals surface area contributed by atoms with Crippen LogP contribution in [0.25, 0.3) is 0 Å². The number of nitrogens with one attached hydrogen (secondary N) is 1. The lowest BCUT2D eigenvalue weighted by Gasteiger charge is -2.17. The van der Waals surface area contributed by atoms with Gasteiger partial charge in [-0.05, 0) is 24.4 Å². The highest BCUT2D eigenvalue weighted by Gasteiger charge is 2.27. The van der Waals surface area contributed by atoms with Crippen molar-refractivity contribution in [2.75, 3.05) is 19.8 Å². The summed E-state index contributed by atoms with van der Waals surface area (Å²) in [4.78, 5) is 1.14. The van der Waals surface area contributed by atoms with Gasteiger partial charge in [0.2, 0.25) is 0 Å². The Labute approximate surface area is 103 Å². The zero-order valence-electron chi connectivity index (χ0n) is 9.59. The van der Waals surface area contributed by atoms with Crippen molar-refractivity contribution < 1.29 is 17.9 Å². The molecule has 0 saturated carbocycles. The molecule has 0 fully saturated rings. The largest absolute Gasteiger partial charge is 0.411 e. The van der Waals surface area contributed by atoms with E-state index < -0.39 is 12.8 Å². The van der Waals surface area contributed by atoms with Crippen molar-refractivity contribution in [2.24, 2.45) is 0 Å². The maximum atomic E-state index is 11.9. The first-order valence-electron chi connectivity index (χ1n) is 5.41. The average Bonchev–Trinajstić information content (AvgIpc) is 2.68. The second kappa shape index (κ2) is 6.98. The highest BCUT2D eigenvalue weighted by molar-refractivity contribution is 7.09. The fourth-order valence-electron chi connectivity index (χ4n) is 1.47. The first kappa shape index (κ1) is 14.5. The molecule has 0 aliphatic rings. The monoisotopic (exact) mass is 267 g/mol. The third-order valence-corrected chi connectivity index (χ3v) is 3.00. The summed E-state index contributed by atoms with van der Waals surface area (Å²) >= 11 is 1.60. The van der Waals surface area contributed by atoms with E-state index in [-0.39, 0.29) is 12.6 Å². The zero-order valence-corrected chi connectivity index (χ0v) is 10.4. The van der Waals surface area contributed by atoms with E-state index in [4.69, 9.17) is 0 Å². The van der Waals surface area contributed by atoms with E-state index in [1.807, 2.05) is 24.4 Å². The van der Waals surface area contributed by atoms with E-state index in [2.05, 4.69) is 10.1 Å². The molecule has 2 nitrogen and oxygen atoms in total. The summed E-state index contributed by atoms with van der Waals surface area (Å²) in [6.45, 7) is 1.53. The normalized spacial score (nSPS) is 13.9. The third-order valence-electron chi connectivity index (χ3n) is 2.11. The molecule has 0 spiro atoms. The van der Waals surface area contributed by atoms with Crippen molar-refractivity contribution in [1.29, 1.82) is 0 Å². The maximum Gasteiger partial charge on any atom is 0.411 e. The molecule has 0 saturated heterocycles. The van der Waals surface area contributed by atoms with Crippen LogP contribution in [0.1, 0.15) is 11.8 Å². The zero-order chi connectivity index (χ0) is 12.7. The number of hydrogen-bond acceptors (Lipinski definition) is 3. The van der Waals surface area contributed by atoms with Crippen LogP contribution < -0.4 is 5.32 Å². The van der Waals surface area contributed by atoms with E-state index in [9.17, 15) is 13.2 Å². The van der Waals surface area contributed by atoms with Crippen molar-refractivity contribution in [1.82, 2.24) is 5.32 Å². The summed E-state index contributed by atoms with van der Waals surface area (Å²) in [7, 11) is 0. The second-order valence-corrected chi connectivity index (χ2v) is 4.70. The lowest BCUT2D eigenvalue weighted by molar-refractivity contribution is -0.175.